The second-order valence-electron chi connectivity index (χ2n) is 8.18. The first-order chi connectivity index (χ1) is 16.8. The van der Waals surface area contributed by atoms with Crippen molar-refractivity contribution in [2.45, 2.75) is 31.9 Å². The van der Waals surface area contributed by atoms with Crippen molar-refractivity contribution in [2.75, 3.05) is 18.5 Å². The molecule has 4 aromatic rings. The average Bonchev–Trinajstić information content (AvgIpc) is 2.83. The van der Waals surface area contributed by atoms with Crippen LogP contribution in [0.2, 0.25) is 5.02 Å². The van der Waals surface area contributed by atoms with Gasteiger partial charge in [0.05, 0.1) is 21.6 Å². The van der Waals surface area contributed by atoms with E-state index >= 15 is 0 Å². The fourth-order valence-corrected chi connectivity index (χ4v) is 4.03. The molecule has 0 saturated heterocycles. The van der Waals surface area contributed by atoms with Gasteiger partial charge in [-0.2, -0.15) is 0 Å². The number of nitrogens with zero attached hydrogens (tertiary/aromatic N) is 3. The third-order valence-electron chi connectivity index (χ3n) is 5.82. The predicted molar refractivity (Wildman–Crippen MR) is 134 cm³/mol. The van der Waals surface area contributed by atoms with Crippen LogP contribution < -0.4 is 20.1 Å². The minimum absolute atomic E-state index is 0.347. The summed E-state index contributed by atoms with van der Waals surface area (Å²) < 4.78 is 11.9. The minimum Gasteiger partial charge on any atom is -0.491 e. The maximum Gasteiger partial charge on any atom is 0.145 e. The SMILES string of the molecule is Clc1cc(Nc2ncnc3cccc(OCCNC4CCC4)c23)ccc1OCc1ccccn1. The van der Waals surface area contributed by atoms with Crippen molar-refractivity contribution in [2.24, 2.45) is 0 Å². The van der Waals surface area contributed by atoms with Gasteiger partial charge in [0, 0.05) is 24.5 Å². The third kappa shape index (κ3) is 5.38. The van der Waals surface area contributed by atoms with Crippen LogP contribution in [-0.4, -0.2) is 34.1 Å². The largest absolute Gasteiger partial charge is 0.491 e. The highest BCUT2D eigenvalue weighted by Crippen LogP contribution is 2.34. The van der Waals surface area contributed by atoms with E-state index in [1.165, 1.54) is 19.3 Å². The highest BCUT2D eigenvalue weighted by molar-refractivity contribution is 6.32. The lowest BCUT2D eigenvalue weighted by molar-refractivity contribution is 0.278. The molecule has 2 aromatic carbocycles. The van der Waals surface area contributed by atoms with Crippen LogP contribution in [0, 0.1) is 0 Å². The topological polar surface area (TPSA) is 81.2 Å². The number of halogens is 1. The van der Waals surface area contributed by atoms with Gasteiger partial charge in [0.25, 0.3) is 0 Å². The zero-order valence-electron chi connectivity index (χ0n) is 18.7. The molecule has 2 N–H and O–H groups in total. The van der Waals surface area contributed by atoms with E-state index < -0.39 is 0 Å². The zero-order valence-corrected chi connectivity index (χ0v) is 19.5. The van der Waals surface area contributed by atoms with Gasteiger partial charge in [-0.3, -0.25) is 4.98 Å². The van der Waals surface area contributed by atoms with Gasteiger partial charge in [-0.1, -0.05) is 30.2 Å². The van der Waals surface area contributed by atoms with Gasteiger partial charge in [0.1, 0.15) is 36.9 Å². The molecule has 0 bridgehead atoms. The van der Waals surface area contributed by atoms with E-state index in [0.29, 0.717) is 35.8 Å². The smallest absolute Gasteiger partial charge is 0.145 e. The molecule has 174 valence electrons. The lowest BCUT2D eigenvalue weighted by Crippen LogP contribution is -2.37. The molecule has 0 radical (unpaired) electrons. The maximum absolute atomic E-state index is 6.49. The third-order valence-corrected chi connectivity index (χ3v) is 6.11. The van der Waals surface area contributed by atoms with Gasteiger partial charge in [-0.25, -0.2) is 9.97 Å². The number of pyridine rings is 1. The Balaban J connectivity index is 1.29. The lowest BCUT2D eigenvalue weighted by atomic mass is 9.93. The number of hydrogen-bond donors (Lipinski definition) is 2. The Bertz CT molecular complexity index is 1250. The highest BCUT2D eigenvalue weighted by atomic mass is 35.5. The molecule has 8 heteroatoms. The molecule has 1 aliphatic rings. The summed E-state index contributed by atoms with van der Waals surface area (Å²) in [6, 6.07) is 17.7. The molecular formula is C26H26ClN5O2. The van der Waals surface area contributed by atoms with Crippen LogP contribution in [0.15, 0.2) is 67.1 Å². The fraction of sp³-hybridized carbons (Fsp3) is 0.269. The normalized spacial score (nSPS) is 13.4. The van der Waals surface area contributed by atoms with E-state index in [-0.39, 0.29) is 0 Å². The van der Waals surface area contributed by atoms with E-state index in [1.807, 2.05) is 54.6 Å². The molecule has 0 amide bonds. The molecule has 34 heavy (non-hydrogen) atoms. The van der Waals surface area contributed by atoms with Crippen LogP contribution in [-0.2, 0) is 6.61 Å². The van der Waals surface area contributed by atoms with Crippen molar-refractivity contribution in [1.29, 1.82) is 0 Å². The van der Waals surface area contributed by atoms with Crippen LogP contribution in [0.25, 0.3) is 10.9 Å². The Labute approximate surface area is 203 Å². The van der Waals surface area contributed by atoms with Gasteiger partial charge in [-0.05, 0) is 55.3 Å². The van der Waals surface area contributed by atoms with Crippen LogP contribution in [0.1, 0.15) is 25.0 Å². The molecule has 7 nitrogen and oxygen atoms in total. The van der Waals surface area contributed by atoms with Crippen molar-refractivity contribution in [1.82, 2.24) is 20.3 Å². The minimum atomic E-state index is 0.347. The standard InChI is InChI=1S/C26H26ClN5O2/c27-21-15-19(10-11-23(21)34-16-20-5-1-2-12-28-20)32-26-25-22(30-17-31-26)8-4-9-24(25)33-14-13-29-18-6-3-7-18/h1-2,4-5,8-12,15,17-18,29H,3,6-7,13-14,16H2,(H,30,31,32). The Hall–Kier alpha value is -3.42. The highest BCUT2D eigenvalue weighted by Gasteiger charge is 2.16. The van der Waals surface area contributed by atoms with E-state index in [9.17, 15) is 0 Å². The summed E-state index contributed by atoms with van der Waals surface area (Å²) in [6.45, 7) is 1.74. The van der Waals surface area contributed by atoms with Crippen LogP contribution in [0.3, 0.4) is 0 Å². The number of nitrogens with one attached hydrogen (secondary N) is 2. The van der Waals surface area contributed by atoms with Gasteiger partial charge in [0.2, 0.25) is 0 Å². The van der Waals surface area contributed by atoms with Crippen LogP contribution in [0.4, 0.5) is 11.5 Å². The number of benzene rings is 2. The Morgan fingerprint density at radius 2 is 1.88 bits per heavy atom. The summed E-state index contributed by atoms with van der Waals surface area (Å²) in [5.74, 6) is 2.00. The van der Waals surface area contributed by atoms with Gasteiger partial charge >= 0.3 is 0 Å². The maximum atomic E-state index is 6.49. The van der Waals surface area contributed by atoms with Crippen molar-refractivity contribution in [3.05, 3.63) is 77.8 Å². The van der Waals surface area contributed by atoms with Crippen molar-refractivity contribution < 1.29 is 9.47 Å². The van der Waals surface area contributed by atoms with Crippen LogP contribution >= 0.6 is 11.6 Å². The van der Waals surface area contributed by atoms with E-state index in [2.05, 4.69) is 25.6 Å². The summed E-state index contributed by atoms with van der Waals surface area (Å²) in [5.41, 5.74) is 2.43. The molecule has 1 aliphatic carbocycles. The fourth-order valence-electron chi connectivity index (χ4n) is 3.80. The van der Waals surface area contributed by atoms with E-state index in [1.54, 1.807) is 12.5 Å². The number of fused-ring (bicyclic) bond motifs is 1. The molecular weight excluding hydrogens is 450 g/mol. The quantitative estimate of drug-likeness (QED) is 0.292. The molecule has 0 aliphatic heterocycles. The average molecular weight is 476 g/mol. The Morgan fingerprint density at radius 3 is 2.68 bits per heavy atom. The second kappa shape index (κ2) is 10.7. The van der Waals surface area contributed by atoms with Gasteiger partial charge in [-0.15, -0.1) is 0 Å². The zero-order chi connectivity index (χ0) is 23.2. The van der Waals surface area contributed by atoms with Crippen molar-refractivity contribution in [3.8, 4) is 11.5 Å². The van der Waals surface area contributed by atoms with Crippen molar-refractivity contribution in [3.63, 3.8) is 0 Å². The molecule has 0 unspecified atom stereocenters. The number of rotatable bonds is 10. The van der Waals surface area contributed by atoms with Crippen LogP contribution in [0.5, 0.6) is 11.5 Å². The first kappa shape index (κ1) is 22.4. The molecule has 2 heterocycles. The Kier molecular flexibility index (Phi) is 7.02. The summed E-state index contributed by atoms with van der Waals surface area (Å²) in [7, 11) is 0. The van der Waals surface area contributed by atoms with Crippen molar-refractivity contribution >= 4 is 34.0 Å². The first-order valence-corrected chi connectivity index (χ1v) is 11.8. The summed E-state index contributed by atoms with van der Waals surface area (Å²) in [4.78, 5) is 13.1. The predicted octanol–water partition coefficient (Wildman–Crippen LogP) is 5.52. The Morgan fingerprint density at radius 1 is 0.941 bits per heavy atom. The lowest BCUT2D eigenvalue weighted by Gasteiger charge is -2.26. The summed E-state index contributed by atoms with van der Waals surface area (Å²) in [5, 5.41) is 8.21. The van der Waals surface area contributed by atoms with E-state index in [4.69, 9.17) is 21.1 Å². The molecule has 1 fully saturated rings. The number of aromatic nitrogens is 3. The first-order valence-electron chi connectivity index (χ1n) is 11.5. The number of hydrogen-bond acceptors (Lipinski definition) is 7. The monoisotopic (exact) mass is 475 g/mol. The number of ether oxygens (including phenoxy) is 2. The molecule has 0 spiro atoms. The summed E-state index contributed by atoms with van der Waals surface area (Å²) in [6.07, 6.45) is 7.10. The van der Waals surface area contributed by atoms with E-state index in [0.717, 1.165) is 34.6 Å². The second-order valence-corrected chi connectivity index (χ2v) is 8.59. The summed E-state index contributed by atoms with van der Waals surface area (Å²) >= 11 is 6.49. The molecule has 5 rings (SSSR count). The van der Waals surface area contributed by atoms with Gasteiger partial charge in [0.15, 0.2) is 0 Å². The number of anilines is 2. The molecule has 2 aromatic heterocycles. The molecule has 1 saturated carbocycles. The molecule has 0 atom stereocenters. The van der Waals surface area contributed by atoms with Gasteiger partial charge < -0.3 is 20.1 Å².